The Hall–Kier alpha value is -2.83. The molecule has 3 aromatic rings. The lowest BCUT2D eigenvalue weighted by Crippen LogP contribution is -2.22. The molecule has 0 saturated carbocycles. The summed E-state index contributed by atoms with van der Waals surface area (Å²) in [5.41, 5.74) is 5.90. The van der Waals surface area contributed by atoms with E-state index in [0.717, 1.165) is 0 Å². The van der Waals surface area contributed by atoms with Crippen LogP contribution in [0.3, 0.4) is 0 Å². The van der Waals surface area contributed by atoms with Crippen LogP contribution in [0.2, 0.25) is 0 Å². The molecule has 7 nitrogen and oxygen atoms in total. The molecule has 0 fully saturated rings. The van der Waals surface area contributed by atoms with Gasteiger partial charge in [0, 0.05) is 0 Å². The van der Waals surface area contributed by atoms with Crippen LogP contribution >= 0.6 is 0 Å². The second-order valence-corrected chi connectivity index (χ2v) is 3.66. The highest BCUT2D eigenvalue weighted by Crippen LogP contribution is 2.11. The lowest BCUT2D eigenvalue weighted by atomic mass is 10.3. The number of nitrogens with one attached hydrogen (secondary N) is 1. The van der Waals surface area contributed by atoms with Crippen LogP contribution in [0, 0.1) is 0 Å². The van der Waals surface area contributed by atoms with E-state index in [1.54, 1.807) is 24.3 Å². The molecule has 0 aliphatic rings. The maximum Gasteiger partial charge on any atom is 0.284 e. The molecule has 1 aromatic carbocycles. The number of nitrogens with two attached hydrogens (primary N) is 1. The first-order valence-corrected chi connectivity index (χ1v) is 5.12. The van der Waals surface area contributed by atoms with Crippen LogP contribution in [0.15, 0.2) is 29.1 Å². The third-order valence-corrected chi connectivity index (χ3v) is 2.45. The summed E-state index contributed by atoms with van der Waals surface area (Å²) in [5.74, 6) is -1.04. The summed E-state index contributed by atoms with van der Waals surface area (Å²) < 4.78 is 0. The molecule has 18 heavy (non-hydrogen) atoms. The number of H-pyrrole nitrogens is 1. The van der Waals surface area contributed by atoms with Gasteiger partial charge in [-0.05, 0) is 12.1 Å². The Balaban J connectivity index is 2.46. The minimum Gasteiger partial charge on any atom is -0.363 e. The van der Waals surface area contributed by atoms with Gasteiger partial charge in [-0.3, -0.25) is 9.59 Å². The fraction of sp³-hybridized carbons (Fsp3) is 0. The summed E-state index contributed by atoms with van der Waals surface area (Å²) in [5, 5.41) is 0. The van der Waals surface area contributed by atoms with Crippen molar-refractivity contribution in [1.29, 1.82) is 0 Å². The van der Waals surface area contributed by atoms with Crippen LogP contribution in [-0.4, -0.2) is 25.8 Å². The van der Waals surface area contributed by atoms with Crippen molar-refractivity contribution >= 4 is 28.1 Å². The van der Waals surface area contributed by atoms with Gasteiger partial charge in [-0.25, -0.2) is 15.0 Å². The lowest BCUT2D eigenvalue weighted by molar-refractivity contribution is 0.0990. The van der Waals surface area contributed by atoms with Gasteiger partial charge in [0.1, 0.15) is 0 Å². The number of hydrogen-bond acceptors (Lipinski definition) is 5. The first-order chi connectivity index (χ1) is 8.65. The van der Waals surface area contributed by atoms with Crippen molar-refractivity contribution in [3.63, 3.8) is 0 Å². The first-order valence-electron chi connectivity index (χ1n) is 5.12. The Kier molecular flexibility index (Phi) is 2.06. The summed E-state index contributed by atoms with van der Waals surface area (Å²) in [6.07, 6.45) is 0. The second-order valence-electron chi connectivity index (χ2n) is 3.66. The highest BCUT2D eigenvalue weighted by Gasteiger charge is 2.11. The number of carbonyl (C=O) groups is 1. The van der Waals surface area contributed by atoms with Crippen LogP contribution in [-0.2, 0) is 0 Å². The monoisotopic (exact) mass is 241 g/mol. The van der Waals surface area contributed by atoms with E-state index in [-0.39, 0.29) is 17.0 Å². The van der Waals surface area contributed by atoms with E-state index in [9.17, 15) is 9.59 Å². The fourth-order valence-electron chi connectivity index (χ4n) is 1.64. The summed E-state index contributed by atoms with van der Waals surface area (Å²) in [7, 11) is 0. The number of aromatic amines is 1. The number of hydrogen-bond donors (Lipinski definition) is 2. The predicted molar refractivity (Wildman–Crippen MR) is 64.0 cm³/mol. The summed E-state index contributed by atoms with van der Waals surface area (Å²) >= 11 is 0. The molecule has 88 valence electrons. The van der Waals surface area contributed by atoms with Crippen molar-refractivity contribution in [2.75, 3.05) is 0 Å². The highest BCUT2D eigenvalue weighted by atomic mass is 16.2. The molecule has 0 aliphatic carbocycles. The zero-order valence-electron chi connectivity index (χ0n) is 9.04. The zero-order valence-corrected chi connectivity index (χ0v) is 9.04. The number of fused-ring (bicyclic) bond motifs is 2. The molecule has 0 radical (unpaired) electrons. The number of carbonyl (C=O) groups excluding carboxylic acids is 1. The highest BCUT2D eigenvalue weighted by molar-refractivity contribution is 5.91. The lowest BCUT2D eigenvalue weighted by Gasteiger charge is -2.00. The topological polar surface area (TPSA) is 115 Å². The molecule has 2 heterocycles. The smallest absolute Gasteiger partial charge is 0.284 e. The van der Waals surface area contributed by atoms with E-state index in [0.29, 0.717) is 11.0 Å². The Labute approximate surface area is 99.7 Å². The molecule has 3 rings (SSSR count). The normalized spacial score (nSPS) is 10.9. The minimum atomic E-state index is -0.816. The number of benzene rings is 1. The van der Waals surface area contributed by atoms with E-state index < -0.39 is 11.5 Å². The molecule has 3 N–H and O–H groups in total. The Morgan fingerprint density at radius 2 is 1.78 bits per heavy atom. The van der Waals surface area contributed by atoms with E-state index in [1.165, 1.54) is 0 Å². The van der Waals surface area contributed by atoms with Gasteiger partial charge < -0.3 is 10.7 Å². The SMILES string of the molecule is NC(=O)c1nc2nc3ccccc3nc2c(=O)[nH]1. The summed E-state index contributed by atoms with van der Waals surface area (Å²) in [4.78, 5) is 37.2. The van der Waals surface area contributed by atoms with Crippen LogP contribution in [0.25, 0.3) is 22.2 Å². The van der Waals surface area contributed by atoms with Crippen molar-refractivity contribution in [1.82, 2.24) is 19.9 Å². The largest absolute Gasteiger partial charge is 0.363 e. The molecule has 0 saturated heterocycles. The third kappa shape index (κ3) is 1.49. The molecule has 0 unspecified atom stereocenters. The molecule has 0 aliphatic heterocycles. The van der Waals surface area contributed by atoms with Crippen LogP contribution in [0.5, 0.6) is 0 Å². The zero-order chi connectivity index (χ0) is 12.7. The average Bonchev–Trinajstić information content (AvgIpc) is 2.36. The van der Waals surface area contributed by atoms with E-state index >= 15 is 0 Å². The van der Waals surface area contributed by atoms with E-state index in [4.69, 9.17) is 5.73 Å². The van der Waals surface area contributed by atoms with Crippen molar-refractivity contribution in [3.05, 3.63) is 40.4 Å². The number of nitrogens with zero attached hydrogens (tertiary/aromatic N) is 3. The van der Waals surface area contributed by atoms with Gasteiger partial charge in [-0.1, -0.05) is 12.1 Å². The van der Waals surface area contributed by atoms with Gasteiger partial charge in [0.15, 0.2) is 11.2 Å². The van der Waals surface area contributed by atoms with Crippen molar-refractivity contribution in [2.45, 2.75) is 0 Å². The molecule has 0 atom stereocenters. The summed E-state index contributed by atoms with van der Waals surface area (Å²) in [6.45, 7) is 0. The standard InChI is InChI=1S/C11H7N5O2/c12-8(17)10-15-9-7(11(18)16-10)13-5-3-1-2-4-6(5)14-9/h1-4H,(H2,12,17)(H,14,15,16,18). The van der Waals surface area contributed by atoms with Crippen LogP contribution in [0.4, 0.5) is 0 Å². The third-order valence-electron chi connectivity index (χ3n) is 2.45. The number of rotatable bonds is 1. The Morgan fingerprint density at radius 1 is 1.11 bits per heavy atom. The molecular weight excluding hydrogens is 234 g/mol. The van der Waals surface area contributed by atoms with Crippen molar-refractivity contribution < 1.29 is 4.79 Å². The minimum absolute atomic E-state index is 0.0821. The Bertz CT molecular complexity index is 840. The molecule has 0 bridgehead atoms. The van der Waals surface area contributed by atoms with Crippen molar-refractivity contribution in [2.24, 2.45) is 5.73 Å². The molecular formula is C11H7N5O2. The number of primary amides is 1. The average molecular weight is 241 g/mol. The predicted octanol–water partition coefficient (Wildman–Crippen LogP) is -0.0348. The number of aromatic nitrogens is 4. The van der Waals surface area contributed by atoms with Gasteiger partial charge in [0.05, 0.1) is 11.0 Å². The molecule has 1 amide bonds. The summed E-state index contributed by atoms with van der Waals surface area (Å²) in [6, 6.07) is 7.07. The van der Waals surface area contributed by atoms with Gasteiger partial charge in [-0.15, -0.1) is 0 Å². The van der Waals surface area contributed by atoms with E-state index in [2.05, 4.69) is 19.9 Å². The molecule has 2 aromatic heterocycles. The van der Waals surface area contributed by atoms with Gasteiger partial charge in [0.25, 0.3) is 11.5 Å². The molecule has 7 heteroatoms. The van der Waals surface area contributed by atoms with Gasteiger partial charge in [0.2, 0.25) is 5.82 Å². The number of amides is 1. The maximum absolute atomic E-state index is 11.7. The van der Waals surface area contributed by atoms with Crippen LogP contribution < -0.4 is 11.3 Å². The van der Waals surface area contributed by atoms with Crippen molar-refractivity contribution in [3.8, 4) is 0 Å². The second kappa shape index (κ2) is 3.59. The van der Waals surface area contributed by atoms with Gasteiger partial charge >= 0.3 is 0 Å². The van der Waals surface area contributed by atoms with Crippen LogP contribution in [0.1, 0.15) is 10.6 Å². The first kappa shape index (κ1) is 10.3. The van der Waals surface area contributed by atoms with Gasteiger partial charge in [-0.2, -0.15) is 0 Å². The number of para-hydroxylation sites is 2. The Morgan fingerprint density at radius 3 is 2.44 bits per heavy atom. The fourth-order valence-corrected chi connectivity index (χ4v) is 1.64. The quantitative estimate of drug-likeness (QED) is 0.580. The van der Waals surface area contributed by atoms with E-state index in [1.807, 2.05) is 0 Å². The maximum atomic E-state index is 11.7. The molecule has 0 spiro atoms.